The predicted molar refractivity (Wildman–Crippen MR) is 176 cm³/mol. The smallest absolute Gasteiger partial charge is 0.238 e. The van der Waals surface area contributed by atoms with Gasteiger partial charge in [-0.15, -0.1) is 0 Å². The van der Waals surface area contributed by atoms with Gasteiger partial charge in [-0.05, 0) is 40.8 Å². The van der Waals surface area contributed by atoms with Crippen molar-refractivity contribution in [2.24, 2.45) is 0 Å². The van der Waals surface area contributed by atoms with Gasteiger partial charge in [0, 0.05) is 22.3 Å². The molecule has 204 valence electrons. The number of hydrogen-bond donors (Lipinski definition) is 0. The van der Waals surface area contributed by atoms with Crippen LogP contribution in [0.4, 0.5) is 0 Å². The van der Waals surface area contributed by atoms with Crippen LogP contribution < -0.4 is 0 Å². The predicted octanol–water partition coefficient (Wildman–Crippen LogP) is 9.43. The molecular formula is C39H28N4. The number of hydrogen-bond acceptors (Lipinski definition) is 3. The molecule has 8 rings (SSSR count). The molecule has 1 aliphatic rings. The Labute approximate surface area is 250 Å². The van der Waals surface area contributed by atoms with Crippen molar-refractivity contribution >= 4 is 27.4 Å². The molecule has 2 aromatic heterocycles. The van der Waals surface area contributed by atoms with Crippen LogP contribution in [-0.4, -0.2) is 19.5 Å². The second-order valence-corrected chi connectivity index (χ2v) is 10.9. The molecule has 0 spiro atoms. The lowest BCUT2D eigenvalue weighted by Gasteiger charge is -2.17. The van der Waals surface area contributed by atoms with Crippen LogP contribution in [-0.2, 0) is 0 Å². The number of fused-ring (bicyclic) bond motifs is 3. The highest BCUT2D eigenvalue weighted by Crippen LogP contribution is 2.34. The van der Waals surface area contributed by atoms with Gasteiger partial charge in [-0.25, -0.2) is 4.98 Å². The largest absolute Gasteiger partial charge is 0.278 e. The molecule has 7 aromatic rings. The molecule has 0 fully saturated rings. The number of allylic oxidation sites excluding steroid dienone is 4. The Bertz CT molecular complexity index is 2090. The number of aromatic nitrogens is 4. The molecule has 1 aliphatic carbocycles. The van der Waals surface area contributed by atoms with E-state index < -0.39 is 0 Å². The van der Waals surface area contributed by atoms with Crippen molar-refractivity contribution in [2.45, 2.75) is 12.3 Å². The zero-order valence-electron chi connectivity index (χ0n) is 23.5. The maximum Gasteiger partial charge on any atom is 0.238 e. The Balaban J connectivity index is 1.26. The zero-order chi connectivity index (χ0) is 28.6. The number of nitrogens with zero attached hydrogens (tertiary/aromatic N) is 4. The van der Waals surface area contributed by atoms with E-state index in [1.54, 1.807) is 0 Å². The quantitative estimate of drug-likeness (QED) is 0.214. The summed E-state index contributed by atoms with van der Waals surface area (Å²) in [5.41, 5.74) is 7.92. The first-order chi connectivity index (χ1) is 21.3. The van der Waals surface area contributed by atoms with Gasteiger partial charge in [0.2, 0.25) is 5.95 Å². The van der Waals surface area contributed by atoms with Crippen molar-refractivity contribution in [1.29, 1.82) is 0 Å². The van der Waals surface area contributed by atoms with Gasteiger partial charge in [0.05, 0.1) is 11.0 Å². The average Bonchev–Trinajstić information content (AvgIpc) is 3.43. The van der Waals surface area contributed by atoms with E-state index >= 15 is 0 Å². The molecule has 0 saturated heterocycles. The topological polar surface area (TPSA) is 43.6 Å². The minimum atomic E-state index is 0.0460. The second kappa shape index (κ2) is 10.7. The highest BCUT2D eigenvalue weighted by atomic mass is 15.2. The highest BCUT2D eigenvalue weighted by molar-refractivity contribution is 6.08. The van der Waals surface area contributed by atoms with Gasteiger partial charge < -0.3 is 0 Å². The van der Waals surface area contributed by atoms with E-state index in [-0.39, 0.29) is 5.92 Å². The fraction of sp³-hybridized carbons (Fsp3) is 0.0513. The summed E-state index contributed by atoms with van der Waals surface area (Å²) < 4.78 is 2.18. The minimum Gasteiger partial charge on any atom is -0.278 e. The van der Waals surface area contributed by atoms with Gasteiger partial charge >= 0.3 is 0 Å². The van der Waals surface area contributed by atoms with Crippen LogP contribution in [0, 0.1) is 0 Å². The normalized spacial score (nSPS) is 14.7. The highest BCUT2D eigenvalue weighted by Gasteiger charge is 2.21. The first-order valence-corrected chi connectivity index (χ1v) is 14.7. The zero-order valence-corrected chi connectivity index (χ0v) is 23.5. The molecule has 0 saturated carbocycles. The van der Waals surface area contributed by atoms with Crippen molar-refractivity contribution in [3.05, 3.63) is 163 Å². The Hall–Kier alpha value is -5.61. The van der Waals surface area contributed by atoms with Crippen LogP contribution in [0.15, 0.2) is 152 Å². The molecule has 0 bridgehead atoms. The van der Waals surface area contributed by atoms with E-state index in [2.05, 4.69) is 144 Å². The summed E-state index contributed by atoms with van der Waals surface area (Å²) in [6.07, 6.45) is 7.54. The molecule has 1 atom stereocenters. The summed E-state index contributed by atoms with van der Waals surface area (Å²) in [7, 11) is 0. The number of para-hydroxylation sites is 2. The standard InChI is InChI=1S/C39H28N4/c1-3-11-27(12-4-1)29-19-23-31(24-20-29)37-40-38(32-25-21-30(22-26-32)28-13-5-2-6-14-28)42-39(41-37)43-35-17-9-7-15-33(35)34-16-8-10-18-36(34)43/h1-25,32H,26H2. The molecule has 0 N–H and O–H groups in total. The van der Waals surface area contributed by atoms with Gasteiger partial charge in [-0.3, -0.25) is 4.57 Å². The molecule has 0 radical (unpaired) electrons. The van der Waals surface area contributed by atoms with Crippen molar-refractivity contribution in [3.63, 3.8) is 0 Å². The Kier molecular flexibility index (Phi) is 6.23. The van der Waals surface area contributed by atoms with Crippen molar-refractivity contribution < 1.29 is 0 Å². The van der Waals surface area contributed by atoms with E-state index in [0.29, 0.717) is 11.8 Å². The summed E-state index contributed by atoms with van der Waals surface area (Å²) in [6, 6.07) is 46.4. The molecule has 1 unspecified atom stereocenters. The molecule has 0 amide bonds. The lowest BCUT2D eigenvalue weighted by molar-refractivity contribution is 0.751. The first-order valence-electron chi connectivity index (χ1n) is 14.7. The summed E-state index contributed by atoms with van der Waals surface area (Å²) >= 11 is 0. The van der Waals surface area contributed by atoms with E-state index in [1.807, 2.05) is 12.1 Å². The lowest BCUT2D eigenvalue weighted by atomic mass is 9.92. The maximum absolute atomic E-state index is 5.15. The molecule has 2 heterocycles. The summed E-state index contributed by atoms with van der Waals surface area (Å²) in [6.45, 7) is 0. The van der Waals surface area contributed by atoms with E-state index in [1.165, 1.54) is 27.5 Å². The minimum absolute atomic E-state index is 0.0460. The van der Waals surface area contributed by atoms with Crippen molar-refractivity contribution in [1.82, 2.24) is 19.5 Å². The van der Waals surface area contributed by atoms with Gasteiger partial charge in [0.15, 0.2) is 5.82 Å². The van der Waals surface area contributed by atoms with Crippen LogP contribution in [0.3, 0.4) is 0 Å². The van der Waals surface area contributed by atoms with Crippen LogP contribution in [0.1, 0.15) is 23.7 Å². The Morgan fingerprint density at radius 3 is 1.70 bits per heavy atom. The Morgan fingerprint density at radius 1 is 0.512 bits per heavy atom. The van der Waals surface area contributed by atoms with Gasteiger partial charge in [-0.2, -0.15) is 9.97 Å². The van der Waals surface area contributed by atoms with Crippen LogP contribution in [0.2, 0.25) is 0 Å². The second-order valence-electron chi connectivity index (χ2n) is 10.9. The third kappa shape index (κ3) is 4.63. The molecular weight excluding hydrogens is 524 g/mol. The van der Waals surface area contributed by atoms with Crippen molar-refractivity contribution in [2.75, 3.05) is 0 Å². The summed E-state index contributed by atoms with van der Waals surface area (Å²) in [5, 5.41) is 2.36. The monoisotopic (exact) mass is 552 g/mol. The molecule has 43 heavy (non-hydrogen) atoms. The summed E-state index contributed by atoms with van der Waals surface area (Å²) in [5.74, 6) is 2.13. The van der Waals surface area contributed by atoms with Gasteiger partial charge in [-0.1, -0.05) is 140 Å². The fourth-order valence-corrected chi connectivity index (χ4v) is 6.01. The van der Waals surface area contributed by atoms with E-state index in [4.69, 9.17) is 15.0 Å². The first kappa shape index (κ1) is 25.1. The molecule has 5 aromatic carbocycles. The molecule has 4 heteroatoms. The molecule has 4 nitrogen and oxygen atoms in total. The average molecular weight is 553 g/mol. The maximum atomic E-state index is 5.15. The SMILES string of the molecule is C1=CC(c2nc(-c3ccc(-c4ccccc4)cc3)nc(-n3c4ccccc4c4ccccc43)n2)CC=C1c1ccccc1. The van der Waals surface area contributed by atoms with Gasteiger partial charge in [0.25, 0.3) is 0 Å². The van der Waals surface area contributed by atoms with Crippen LogP contribution >= 0.6 is 0 Å². The van der Waals surface area contributed by atoms with Crippen LogP contribution in [0.25, 0.3) is 55.8 Å². The Morgan fingerprint density at radius 2 is 1.07 bits per heavy atom. The third-order valence-electron chi connectivity index (χ3n) is 8.21. The number of rotatable bonds is 5. The van der Waals surface area contributed by atoms with Gasteiger partial charge in [0.1, 0.15) is 5.82 Å². The summed E-state index contributed by atoms with van der Waals surface area (Å²) in [4.78, 5) is 15.3. The number of benzene rings is 5. The third-order valence-corrected chi connectivity index (χ3v) is 8.21. The fourth-order valence-electron chi connectivity index (χ4n) is 6.01. The lowest BCUT2D eigenvalue weighted by Crippen LogP contribution is -2.11. The van der Waals surface area contributed by atoms with E-state index in [9.17, 15) is 0 Å². The van der Waals surface area contributed by atoms with Crippen LogP contribution in [0.5, 0.6) is 0 Å². The van der Waals surface area contributed by atoms with Crippen molar-refractivity contribution in [3.8, 4) is 28.5 Å². The molecule has 0 aliphatic heterocycles. The van der Waals surface area contributed by atoms with E-state index in [0.717, 1.165) is 34.4 Å².